The Labute approximate surface area is 163 Å². The van der Waals surface area contributed by atoms with Crippen LogP contribution in [0.3, 0.4) is 0 Å². The second kappa shape index (κ2) is 9.66. The third-order valence-electron chi connectivity index (χ3n) is 4.29. The fourth-order valence-corrected chi connectivity index (χ4v) is 3.78. The first kappa shape index (κ1) is 19.6. The number of hydrogen-bond donors (Lipinski definition) is 1. The van der Waals surface area contributed by atoms with Gasteiger partial charge in [-0.1, -0.05) is 18.2 Å². The van der Waals surface area contributed by atoms with E-state index in [1.807, 2.05) is 26.1 Å². The Hall–Kier alpha value is -2.19. The second-order valence-electron chi connectivity index (χ2n) is 6.28. The number of anilines is 1. The molecule has 0 unspecified atom stereocenters. The molecular weight excluding hydrogens is 360 g/mol. The molecule has 0 saturated carbocycles. The lowest BCUT2D eigenvalue weighted by molar-refractivity contribution is 0.126. The van der Waals surface area contributed by atoms with Crippen LogP contribution in [-0.4, -0.2) is 36.9 Å². The lowest BCUT2D eigenvalue weighted by Gasteiger charge is -2.10. The number of aryl methyl sites for hydroxylation is 2. The van der Waals surface area contributed by atoms with E-state index < -0.39 is 0 Å². The van der Waals surface area contributed by atoms with E-state index in [1.165, 1.54) is 0 Å². The van der Waals surface area contributed by atoms with Gasteiger partial charge in [0.1, 0.15) is 17.9 Å². The van der Waals surface area contributed by atoms with Crippen LogP contribution in [0, 0.1) is 6.92 Å². The maximum absolute atomic E-state index is 6.04. The number of pyridine rings is 1. The van der Waals surface area contributed by atoms with Gasteiger partial charge < -0.3 is 15.0 Å². The zero-order valence-electron chi connectivity index (χ0n) is 15.9. The van der Waals surface area contributed by atoms with Crippen LogP contribution in [0.15, 0.2) is 29.8 Å². The molecule has 0 fully saturated rings. The van der Waals surface area contributed by atoms with Crippen molar-refractivity contribution in [3.05, 3.63) is 36.0 Å². The van der Waals surface area contributed by atoms with Crippen molar-refractivity contribution in [2.24, 2.45) is 0 Å². The highest BCUT2D eigenvalue weighted by Gasteiger charge is 2.15. The maximum Gasteiger partial charge on any atom is 0.187 e. The van der Waals surface area contributed by atoms with Crippen molar-refractivity contribution >= 4 is 28.6 Å². The van der Waals surface area contributed by atoms with E-state index in [4.69, 9.17) is 15.5 Å². The predicted octanol–water partition coefficient (Wildman–Crippen LogP) is 3.61. The third-order valence-corrected chi connectivity index (χ3v) is 5.26. The van der Waals surface area contributed by atoms with E-state index >= 15 is 0 Å². The Morgan fingerprint density at radius 1 is 1.15 bits per heavy atom. The number of nitrogen functional groups attached to an aromatic ring is 1. The van der Waals surface area contributed by atoms with E-state index in [2.05, 4.69) is 19.5 Å². The summed E-state index contributed by atoms with van der Waals surface area (Å²) in [6, 6.07) is 1.84. The van der Waals surface area contributed by atoms with E-state index in [9.17, 15) is 0 Å². The van der Waals surface area contributed by atoms with Gasteiger partial charge in [0.2, 0.25) is 0 Å². The molecule has 0 saturated heterocycles. The lowest BCUT2D eigenvalue weighted by atomic mass is 10.2. The highest BCUT2D eigenvalue weighted by molar-refractivity contribution is 7.99. The molecule has 0 aliphatic rings. The number of nitrogens with two attached hydrogens (primary N) is 1. The number of nitrogens with zero attached hydrogens (tertiary/aromatic N) is 5. The van der Waals surface area contributed by atoms with E-state index in [-0.39, 0.29) is 0 Å². The summed E-state index contributed by atoms with van der Waals surface area (Å²) < 4.78 is 7.84. The van der Waals surface area contributed by atoms with Crippen molar-refractivity contribution in [3.63, 3.8) is 0 Å². The van der Waals surface area contributed by atoms with Crippen molar-refractivity contribution in [2.45, 2.75) is 51.4 Å². The molecule has 7 nitrogen and oxygen atoms in total. The first-order valence-electron chi connectivity index (χ1n) is 9.28. The molecule has 0 radical (unpaired) electrons. The van der Waals surface area contributed by atoms with Crippen LogP contribution >= 0.6 is 11.8 Å². The van der Waals surface area contributed by atoms with Crippen LogP contribution in [0.5, 0.6) is 0 Å². The van der Waals surface area contributed by atoms with Crippen LogP contribution in [0.1, 0.15) is 37.6 Å². The average molecular weight is 387 g/mol. The molecule has 0 spiro atoms. The van der Waals surface area contributed by atoms with Gasteiger partial charge in [0.15, 0.2) is 11.0 Å². The van der Waals surface area contributed by atoms with Gasteiger partial charge in [-0.3, -0.25) is 0 Å². The van der Waals surface area contributed by atoms with E-state index in [0.717, 1.165) is 59.1 Å². The van der Waals surface area contributed by atoms with Gasteiger partial charge in [-0.25, -0.2) is 19.9 Å². The SMILES string of the molecule is CCOCc1nc2c(N)ncc(C)c2n1CCCCCSc1ncccn1. The number of rotatable bonds is 10. The summed E-state index contributed by atoms with van der Waals surface area (Å²) in [5.41, 5.74) is 8.98. The van der Waals surface area contributed by atoms with E-state index in [1.54, 1.807) is 24.2 Å². The normalized spacial score (nSPS) is 11.3. The topological polar surface area (TPSA) is 91.7 Å². The number of imidazole rings is 1. The molecule has 0 aromatic carbocycles. The standard InChI is InChI=1S/C19H26N6OS/c1-3-26-13-15-24-16-17(14(2)12-23-18(16)20)25(15)10-5-4-6-11-27-19-21-8-7-9-22-19/h7-9,12H,3-6,10-11,13H2,1-2H3,(H2,20,23). The zero-order valence-corrected chi connectivity index (χ0v) is 16.7. The Morgan fingerprint density at radius 2 is 1.96 bits per heavy atom. The Bertz CT molecular complexity index is 868. The Kier molecular flexibility index (Phi) is 7.00. The number of fused-ring (bicyclic) bond motifs is 1. The van der Waals surface area contributed by atoms with Crippen molar-refractivity contribution in [3.8, 4) is 0 Å². The van der Waals surface area contributed by atoms with Crippen molar-refractivity contribution in [1.82, 2.24) is 24.5 Å². The zero-order chi connectivity index (χ0) is 19.1. The largest absolute Gasteiger partial charge is 0.382 e. The highest BCUT2D eigenvalue weighted by Crippen LogP contribution is 2.25. The summed E-state index contributed by atoms with van der Waals surface area (Å²) >= 11 is 1.70. The van der Waals surface area contributed by atoms with Gasteiger partial charge >= 0.3 is 0 Å². The molecule has 0 aliphatic heterocycles. The van der Waals surface area contributed by atoms with Crippen LogP contribution in [-0.2, 0) is 17.9 Å². The van der Waals surface area contributed by atoms with Crippen LogP contribution in [0.2, 0.25) is 0 Å². The maximum atomic E-state index is 6.04. The summed E-state index contributed by atoms with van der Waals surface area (Å²) in [7, 11) is 0. The average Bonchev–Trinajstić information content (AvgIpc) is 3.06. The summed E-state index contributed by atoms with van der Waals surface area (Å²) in [6.07, 6.45) is 8.70. The highest BCUT2D eigenvalue weighted by atomic mass is 32.2. The quantitative estimate of drug-likeness (QED) is 0.323. The molecule has 27 heavy (non-hydrogen) atoms. The van der Waals surface area contributed by atoms with Gasteiger partial charge in [-0.05, 0) is 38.3 Å². The molecule has 0 atom stereocenters. The first-order chi connectivity index (χ1) is 13.2. The van der Waals surface area contributed by atoms with Gasteiger partial charge in [-0.2, -0.15) is 0 Å². The van der Waals surface area contributed by atoms with Crippen molar-refractivity contribution < 1.29 is 4.74 Å². The Morgan fingerprint density at radius 3 is 2.74 bits per heavy atom. The van der Waals surface area contributed by atoms with Crippen LogP contribution in [0.4, 0.5) is 5.82 Å². The summed E-state index contributed by atoms with van der Waals surface area (Å²) in [4.78, 5) is 17.4. The number of hydrogen-bond acceptors (Lipinski definition) is 7. The number of ether oxygens (including phenoxy) is 1. The second-order valence-corrected chi connectivity index (χ2v) is 7.34. The predicted molar refractivity (Wildman–Crippen MR) is 109 cm³/mol. The molecule has 144 valence electrons. The number of unbranched alkanes of at least 4 members (excludes halogenated alkanes) is 2. The van der Waals surface area contributed by atoms with Gasteiger partial charge in [-0.15, -0.1) is 0 Å². The smallest absolute Gasteiger partial charge is 0.187 e. The van der Waals surface area contributed by atoms with Crippen molar-refractivity contribution in [2.75, 3.05) is 18.1 Å². The molecule has 0 bridgehead atoms. The summed E-state index contributed by atoms with van der Waals surface area (Å²) in [5, 5.41) is 0.843. The molecule has 0 amide bonds. The molecule has 3 aromatic heterocycles. The third kappa shape index (κ3) is 4.95. The van der Waals surface area contributed by atoms with E-state index in [0.29, 0.717) is 19.0 Å². The first-order valence-corrected chi connectivity index (χ1v) is 10.3. The van der Waals surface area contributed by atoms with Crippen LogP contribution in [0.25, 0.3) is 11.0 Å². The monoisotopic (exact) mass is 386 g/mol. The van der Waals surface area contributed by atoms with Crippen LogP contribution < -0.4 is 5.73 Å². The molecule has 3 heterocycles. The number of thioether (sulfide) groups is 1. The molecule has 3 aromatic rings. The summed E-state index contributed by atoms with van der Waals surface area (Å²) in [6.45, 7) is 6.09. The molecular formula is C19H26N6OS. The van der Waals surface area contributed by atoms with Gasteiger partial charge in [0, 0.05) is 37.5 Å². The minimum absolute atomic E-state index is 0.478. The van der Waals surface area contributed by atoms with Gasteiger partial charge in [0.05, 0.1) is 5.52 Å². The fraction of sp³-hybridized carbons (Fsp3) is 0.474. The molecule has 8 heteroatoms. The summed E-state index contributed by atoms with van der Waals surface area (Å²) in [5.74, 6) is 2.42. The Balaban J connectivity index is 1.60. The van der Waals surface area contributed by atoms with Gasteiger partial charge in [0.25, 0.3) is 0 Å². The molecule has 3 rings (SSSR count). The van der Waals surface area contributed by atoms with Crippen molar-refractivity contribution in [1.29, 1.82) is 0 Å². The molecule has 2 N–H and O–H groups in total. The number of aromatic nitrogens is 5. The minimum Gasteiger partial charge on any atom is -0.382 e. The molecule has 0 aliphatic carbocycles. The fourth-order valence-electron chi connectivity index (χ4n) is 2.98. The minimum atomic E-state index is 0.478. The lowest BCUT2D eigenvalue weighted by Crippen LogP contribution is -2.07.